The summed E-state index contributed by atoms with van der Waals surface area (Å²) in [6.45, 7) is 3.45. The van der Waals surface area contributed by atoms with Crippen LogP contribution in [-0.4, -0.2) is 22.3 Å². The number of hydrogen-bond donors (Lipinski definition) is 2. The standard InChI is InChI=1S/C27H22F2N2O5/c1-16-23(30-26(34)35-17(2)18-6-4-3-5-7-18)24(36-31-16)21-10-8-19(9-11-21)20-12-14-22(15-13-20)27(28,29)25(32)33/h3-15,17H,1-2H3,(H,30,34)(H,32,33)/t17-/m1/s1. The second-order valence-electron chi connectivity index (χ2n) is 8.09. The number of hydrogen-bond acceptors (Lipinski definition) is 5. The second kappa shape index (κ2) is 9.99. The van der Waals surface area contributed by atoms with Gasteiger partial charge in [-0.2, -0.15) is 8.78 Å². The summed E-state index contributed by atoms with van der Waals surface area (Å²) < 4.78 is 38.3. The van der Waals surface area contributed by atoms with Crippen molar-refractivity contribution in [1.82, 2.24) is 5.16 Å². The molecule has 9 heteroatoms. The van der Waals surface area contributed by atoms with Crippen LogP contribution in [0.5, 0.6) is 0 Å². The number of carbonyl (C=O) groups excluding carboxylic acids is 1. The predicted octanol–water partition coefficient (Wildman–Crippen LogP) is 6.80. The van der Waals surface area contributed by atoms with E-state index in [2.05, 4.69) is 10.5 Å². The molecule has 1 amide bonds. The van der Waals surface area contributed by atoms with E-state index in [0.29, 0.717) is 33.8 Å². The number of ether oxygens (including phenoxy) is 1. The quantitative estimate of drug-likeness (QED) is 0.294. The van der Waals surface area contributed by atoms with Crippen molar-refractivity contribution in [2.45, 2.75) is 25.9 Å². The van der Waals surface area contributed by atoms with Crippen molar-refractivity contribution in [2.24, 2.45) is 0 Å². The van der Waals surface area contributed by atoms with Crippen LogP contribution in [-0.2, 0) is 15.5 Å². The molecule has 184 valence electrons. The normalized spacial score (nSPS) is 12.1. The lowest BCUT2D eigenvalue weighted by molar-refractivity contribution is -0.166. The van der Waals surface area contributed by atoms with Gasteiger partial charge in [0, 0.05) is 11.1 Å². The second-order valence-corrected chi connectivity index (χ2v) is 8.09. The monoisotopic (exact) mass is 492 g/mol. The van der Waals surface area contributed by atoms with Gasteiger partial charge in [-0.15, -0.1) is 0 Å². The Morgan fingerprint density at radius 2 is 1.50 bits per heavy atom. The molecular weight excluding hydrogens is 470 g/mol. The van der Waals surface area contributed by atoms with Crippen LogP contribution in [0, 0.1) is 6.92 Å². The van der Waals surface area contributed by atoms with Crippen molar-refractivity contribution >= 4 is 17.7 Å². The average Bonchev–Trinajstić information content (AvgIpc) is 3.24. The van der Waals surface area contributed by atoms with E-state index in [-0.39, 0.29) is 0 Å². The van der Waals surface area contributed by atoms with Gasteiger partial charge in [-0.1, -0.05) is 84.0 Å². The van der Waals surface area contributed by atoms with Crippen LogP contribution in [0.2, 0.25) is 0 Å². The Kier molecular flexibility index (Phi) is 6.82. The van der Waals surface area contributed by atoms with Crippen LogP contribution in [0.4, 0.5) is 19.3 Å². The summed E-state index contributed by atoms with van der Waals surface area (Å²) in [6, 6.07) is 21.3. The third-order valence-electron chi connectivity index (χ3n) is 5.64. The number of anilines is 1. The van der Waals surface area contributed by atoms with Gasteiger partial charge in [-0.05, 0) is 30.5 Å². The third-order valence-corrected chi connectivity index (χ3v) is 5.64. The number of benzene rings is 3. The molecule has 4 rings (SSSR count). The predicted molar refractivity (Wildman–Crippen MR) is 129 cm³/mol. The number of aromatic nitrogens is 1. The topological polar surface area (TPSA) is 102 Å². The Bertz CT molecular complexity index is 1370. The third kappa shape index (κ3) is 5.10. The van der Waals surface area contributed by atoms with Crippen molar-refractivity contribution in [2.75, 3.05) is 5.32 Å². The van der Waals surface area contributed by atoms with Gasteiger partial charge in [0.05, 0.1) is 0 Å². The van der Waals surface area contributed by atoms with E-state index < -0.39 is 29.7 Å². The van der Waals surface area contributed by atoms with Gasteiger partial charge in [0.25, 0.3) is 0 Å². The molecule has 0 unspecified atom stereocenters. The number of halogens is 2. The van der Waals surface area contributed by atoms with Gasteiger partial charge < -0.3 is 14.4 Å². The van der Waals surface area contributed by atoms with Gasteiger partial charge in [-0.25, -0.2) is 9.59 Å². The van der Waals surface area contributed by atoms with E-state index in [1.165, 1.54) is 12.1 Å². The maximum absolute atomic E-state index is 13.7. The zero-order valence-corrected chi connectivity index (χ0v) is 19.4. The number of amides is 1. The van der Waals surface area contributed by atoms with E-state index in [9.17, 15) is 18.4 Å². The summed E-state index contributed by atoms with van der Waals surface area (Å²) in [5.74, 6) is -5.83. The first-order valence-corrected chi connectivity index (χ1v) is 11.0. The van der Waals surface area contributed by atoms with Gasteiger partial charge in [0.2, 0.25) is 0 Å². The number of carboxylic acids is 1. The molecule has 1 heterocycles. The summed E-state index contributed by atoms with van der Waals surface area (Å²) in [6.07, 6.45) is -1.12. The molecule has 1 aromatic heterocycles. The highest BCUT2D eigenvalue weighted by atomic mass is 19.3. The Balaban J connectivity index is 1.50. The summed E-state index contributed by atoms with van der Waals surface area (Å²) in [5, 5.41) is 15.3. The van der Waals surface area contributed by atoms with E-state index in [4.69, 9.17) is 14.4 Å². The first-order valence-electron chi connectivity index (χ1n) is 11.0. The van der Waals surface area contributed by atoms with E-state index >= 15 is 0 Å². The highest BCUT2D eigenvalue weighted by Crippen LogP contribution is 2.34. The van der Waals surface area contributed by atoms with E-state index in [1.54, 1.807) is 38.1 Å². The van der Waals surface area contributed by atoms with Crippen LogP contribution >= 0.6 is 0 Å². The molecule has 3 aromatic carbocycles. The fourth-order valence-electron chi connectivity index (χ4n) is 3.61. The van der Waals surface area contributed by atoms with Crippen molar-refractivity contribution < 1.29 is 32.7 Å². The summed E-state index contributed by atoms with van der Waals surface area (Å²) in [7, 11) is 0. The summed E-state index contributed by atoms with van der Waals surface area (Å²) in [5.41, 5.74) is 3.05. The Morgan fingerprint density at radius 3 is 2.08 bits per heavy atom. The molecule has 7 nitrogen and oxygen atoms in total. The highest BCUT2D eigenvalue weighted by Gasteiger charge is 2.40. The zero-order valence-electron chi connectivity index (χ0n) is 19.4. The molecule has 0 fully saturated rings. The number of carboxylic acid groups (broad SMARTS) is 1. The SMILES string of the molecule is Cc1noc(-c2ccc(-c3ccc(C(F)(F)C(=O)O)cc3)cc2)c1NC(=O)O[C@H](C)c1ccccc1. The average molecular weight is 492 g/mol. The maximum atomic E-state index is 13.7. The molecule has 0 aliphatic carbocycles. The van der Waals surface area contributed by atoms with Crippen LogP contribution in [0.3, 0.4) is 0 Å². The molecule has 0 saturated heterocycles. The van der Waals surface area contributed by atoms with Crippen LogP contribution in [0.1, 0.15) is 29.8 Å². The lowest BCUT2D eigenvalue weighted by atomic mass is 10.00. The van der Waals surface area contributed by atoms with Gasteiger partial charge in [0.15, 0.2) is 5.76 Å². The molecule has 2 N–H and O–H groups in total. The number of nitrogens with one attached hydrogen (secondary N) is 1. The van der Waals surface area contributed by atoms with E-state index in [1.807, 2.05) is 30.3 Å². The number of aliphatic carboxylic acids is 1. The number of rotatable bonds is 7. The Hall–Kier alpha value is -4.53. The molecule has 0 saturated carbocycles. The van der Waals surface area contributed by atoms with Crippen molar-refractivity contribution in [3.05, 3.63) is 95.7 Å². The van der Waals surface area contributed by atoms with Gasteiger partial charge >= 0.3 is 18.0 Å². The largest absolute Gasteiger partial charge is 0.477 e. The Morgan fingerprint density at radius 1 is 0.944 bits per heavy atom. The fourth-order valence-corrected chi connectivity index (χ4v) is 3.61. The van der Waals surface area contributed by atoms with Crippen molar-refractivity contribution in [3.8, 4) is 22.5 Å². The van der Waals surface area contributed by atoms with Crippen LogP contribution in [0.25, 0.3) is 22.5 Å². The number of carbonyl (C=O) groups is 2. The molecular formula is C27H22F2N2O5. The zero-order chi connectivity index (χ0) is 25.9. The van der Waals surface area contributed by atoms with Gasteiger partial charge in [-0.3, -0.25) is 5.32 Å². The summed E-state index contributed by atoms with van der Waals surface area (Å²) >= 11 is 0. The van der Waals surface area contributed by atoms with Crippen LogP contribution in [0.15, 0.2) is 83.4 Å². The first-order chi connectivity index (χ1) is 17.2. The molecule has 0 spiro atoms. The first kappa shape index (κ1) is 24.6. The molecule has 36 heavy (non-hydrogen) atoms. The minimum absolute atomic E-state index is 0.333. The molecule has 0 aliphatic heterocycles. The number of alkyl halides is 2. The van der Waals surface area contributed by atoms with Crippen molar-refractivity contribution in [3.63, 3.8) is 0 Å². The van der Waals surface area contributed by atoms with E-state index in [0.717, 1.165) is 17.7 Å². The van der Waals surface area contributed by atoms with Gasteiger partial charge in [0.1, 0.15) is 17.5 Å². The molecule has 0 radical (unpaired) electrons. The van der Waals surface area contributed by atoms with Crippen LogP contribution < -0.4 is 5.32 Å². The lowest BCUT2D eigenvalue weighted by Crippen LogP contribution is -2.25. The summed E-state index contributed by atoms with van der Waals surface area (Å²) in [4.78, 5) is 23.3. The number of aryl methyl sites for hydroxylation is 1. The Labute approximate surface area is 205 Å². The smallest absolute Gasteiger partial charge is 0.412 e. The van der Waals surface area contributed by atoms with Crippen molar-refractivity contribution in [1.29, 1.82) is 0 Å². The minimum atomic E-state index is -3.96. The lowest BCUT2D eigenvalue weighted by Gasteiger charge is -2.14. The molecule has 4 aromatic rings. The highest BCUT2D eigenvalue weighted by molar-refractivity contribution is 5.91. The number of nitrogens with zero attached hydrogens (tertiary/aromatic N) is 1. The molecule has 1 atom stereocenters. The minimum Gasteiger partial charge on any atom is -0.477 e. The molecule has 0 aliphatic rings. The maximum Gasteiger partial charge on any atom is 0.412 e. The molecule has 0 bridgehead atoms. The fraction of sp³-hybridized carbons (Fsp3) is 0.148.